The lowest BCUT2D eigenvalue weighted by Gasteiger charge is -2.13. The fraction of sp³-hybridized carbons (Fsp3) is 0.148. The number of ether oxygens (including phenoxy) is 3. The predicted octanol–water partition coefficient (Wildman–Crippen LogP) is 5.25. The van der Waals surface area contributed by atoms with Gasteiger partial charge < -0.3 is 14.2 Å². The smallest absolute Gasteiger partial charge is 0.343 e. The number of non-ortho nitro benzene ring substituents is 1. The third-order valence-corrected chi connectivity index (χ3v) is 6.36. The van der Waals surface area contributed by atoms with Crippen LogP contribution in [0, 0.1) is 17.0 Å². The molecule has 2 amide bonds. The van der Waals surface area contributed by atoms with Crippen molar-refractivity contribution in [1.29, 1.82) is 0 Å². The third-order valence-electron chi connectivity index (χ3n) is 5.45. The second-order valence-corrected chi connectivity index (χ2v) is 9.10. The number of methoxy groups -OCH3 is 1. The largest absolute Gasteiger partial charge is 0.493 e. The van der Waals surface area contributed by atoms with Gasteiger partial charge in [0.25, 0.3) is 16.8 Å². The monoisotopic (exact) mass is 534 g/mol. The molecular formula is C27H22N2O8S. The molecule has 3 aromatic carbocycles. The Hall–Kier alpha value is -4.64. The van der Waals surface area contributed by atoms with Crippen molar-refractivity contribution >= 4 is 40.6 Å². The van der Waals surface area contributed by atoms with Gasteiger partial charge in [-0.05, 0) is 72.3 Å². The van der Waals surface area contributed by atoms with Crippen LogP contribution < -0.4 is 14.2 Å². The van der Waals surface area contributed by atoms with Gasteiger partial charge in [0, 0.05) is 12.1 Å². The molecule has 1 heterocycles. The molecule has 1 fully saturated rings. The molecule has 0 N–H and O–H groups in total. The van der Waals surface area contributed by atoms with Crippen molar-refractivity contribution in [1.82, 2.24) is 4.90 Å². The molecule has 10 nitrogen and oxygen atoms in total. The number of hydrogen-bond acceptors (Lipinski definition) is 9. The first-order valence-corrected chi connectivity index (χ1v) is 12.2. The van der Waals surface area contributed by atoms with E-state index >= 15 is 0 Å². The molecule has 0 radical (unpaired) electrons. The Morgan fingerprint density at radius 3 is 2.50 bits per heavy atom. The van der Waals surface area contributed by atoms with Crippen molar-refractivity contribution in [3.8, 4) is 17.2 Å². The lowest BCUT2D eigenvalue weighted by atomic mass is 10.1. The highest BCUT2D eigenvalue weighted by molar-refractivity contribution is 8.18. The molecule has 11 heteroatoms. The van der Waals surface area contributed by atoms with Crippen LogP contribution in [-0.2, 0) is 4.79 Å². The highest BCUT2D eigenvalue weighted by Crippen LogP contribution is 2.35. The van der Waals surface area contributed by atoms with Crippen LogP contribution >= 0.6 is 11.8 Å². The zero-order chi connectivity index (χ0) is 27.2. The van der Waals surface area contributed by atoms with Gasteiger partial charge in [-0.2, -0.15) is 0 Å². The number of nitro benzene ring substituents is 1. The normalized spacial score (nSPS) is 14.1. The maximum Gasteiger partial charge on any atom is 0.343 e. The van der Waals surface area contributed by atoms with Gasteiger partial charge in [0.15, 0.2) is 11.5 Å². The maximum atomic E-state index is 12.8. The van der Waals surface area contributed by atoms with Gasteiger partial charge >= 0.3 is 5.97 Å². The van der Waals surface area contributed by atoms with Crippen LogP contribution in [0.15, 0.2) is 71.6 Å². The molecule has 38 heavy (non-hydrogen) atoms. The number of benzene rings is 3. The third kappa shape index (κ3) is 6.19. The zero-order valence-electron chi connectivity index (χ0n) is 20.4. The van der Waals surface area contributed by atoms with Gasteiger partial charge in [0.2, 0.25) is 0 Å². The number of carbonyl (C=O) groups excluding carboxylic acids is 3. The Bertz CT molecular complexity index is 1440. The van der Waals surface area contributed by atoms with Crippen molar-refractivity contribution in [2.24, 2.45) is 0 Å². The summed E-state index contributed by atoms with van der Waals surface area (Å²) in [5.41, 5.74) is 1.58. The van der Waals surface area contributed by atoms with Crippen LogP contribution in [-0.4, -0.2) is 47.2 Å². The van der Waals surface area contributed by atoms with Crippen LogP contribution in [0.5, 0.6) is 17.2 Å². The Morgan fingerprint density at radius 1 is 1.05 bits per heavy atom. The fourth-order valence-corrected chi connectivity index (χ4v) is 4.41. The van der Waals surface area contributed by atoms with Crippen molar-refractivity contribution in [2.45, 2.75) is 6.92 Å². The van der Waals surface area contributed by atoms with E-state index in [-0.39, 0.29) is 40.8 Å². The lowest BCUT2D eigenvalue weighted by molar-refractivity contribution is -0.384. The van der Waals surface area contributed by atoms with E-state index in [1.807, 2.05) is 25.1 Å². The summed E-state index contributed by atoms with van der Waals surface area (Å²) in [4.78, 5) is 49.3. The lowest BCUT2D eigenvalue weighted by Crippen LogP contribution is -2.32. The second kappa shape index (κ2) is 11.6. The molecule has 194 valence electrons. The molecule has 0 spiro atoms. The number of carbonyl (C=O) groups is 3. The van der Waals surface area contributed by atoms with E-state index in [1.165, 1.54) is 37.4 Å². The molecule has 0 unspecified atom stereocenters. The first-order valence-electron chi connectivity index (χ1n) is 11.3. The Balaban J connectivity index is 1.42. The minimum absolute atomic E-state index is 0.108. The summed E-state index contributed by atoms with van der Waals surface area (Å²) in [6.45, 7) is 2.22. The van der Waals surface area contributed by atoms with Gasteiger partial charge in [-0.15, -0.1) is 0 Å². The van der Waals surface area contributed by atoms with Crippen molar-refractivity contribution in [2.75, 3.05) is 20.3 Å². The van der Waals surface area contributed by atoms with Gasteiger partial charge in [-0.1, -0.05) is 18.2 Å². The van der Waals surface area contributed by atoms with E-state index in [2.05, 4.69) is 0 Å². The second-order valence-electron chi connectivity index (χ2n) is 8.10. The molecule has 0 saturated carbocycles. The van der Waals surface area contributed by atoms with E-state index in [4.69, 9.17) is 14.2 Å². The average Bonchev–Trinajstić information content (AvgIpc) is 3.16. The molecular weight excluding hydrogens is 512 g/mol. The summed E-state index contributed by atoms with van der Waals surface area (Å²) < 4.78 is 16.4. The van der Waals surface area contributed by atoms with E-state index in [0.29, 0.717) is 11.3 Å². The molecule has 1 aliphatic heterocycles. The fourth-order valence-electron chi connectivity index (χ4n) is 3.54. The summed E-state index contributed by atoms with van der Waals surface area (Å²) in [5.74, 6) is -0.149. The average molecular weight is 535 g/mol. The van der Waals surface area contributed by atoms with Crippen LogP contribution in [0.3, 0.4) is 0 Å². The van der Waals surface area contributed by atoms with Crippen LogP contribution in [0.2, 0.25) is 0 Å². The Morgan fingerprint density at radius 2 is 1.82 bits per heavy atom. The van der Waals surface area contributed by atoms with Crippen molar-refractivity contribution < 1.29 is 33.5 Å². The molecule has 1 aliphatic rings. The van der Waals surface area contributed by atoms with E-state index < -0.39 is 22.0 Å². The van der Waals surface area contributed by atoms with Crippen LogP contribution in [0.4, 0.5) is 10.5 Å². The molecule has 3 aromatic rings. The van der Waals surface area contributed by atoms with Gasteiger partial charge in [0.1, 0.15) is 12.4 Å². The Labute approximate surface area is 221 Å². The number of imide groups is 1. The number of hydrogen-bond donors (Lipinski definition) is 0. The summed E-state index contributed by atoms with van der Waals surface area (Å²) in [5, 5.41) is 10.4. The molecule has 4 rings (SSSR count). The zero-order valence-corrected chi connectivity index (χ0v) is 21.2. The van der Waals surface area contributed by atoms with Gasteiger partial charge in [-0.3, -0.25) is 24.6 Å². The minimum Gasteiger partial charge on any atom is -0.493 e. The quantitative estimate of drug-likeness (QED) is 0.119. The summed E-state index contributed by atoms with van der Waals surface area (Å²) in [6.07, 6.45) is 1.55. The van der Waals surface area contributed by atoms with Crippen molar-refractivity contribution in [3.05, 3.63) is 98.4 Å². The highest BCUT2D eigenvalue weighted by atomic mass is 32.2. The van der Waals surface area contributed by atoms with Gasteiger partial charge in [0.05, 0.1) is 29.0 Å². The number of aryl methyl sites for hydroxylation is 1. The number of nitro groups is 1. The summed E-state index contributed by atoms with van der Waals surface area (Å²) in [6, 6.07) is 17.2. The Kier molecular flexibility index (Phi) is 8.07. The standard InChI is InChI=1S/C27H22N2O8S/c1-17-4-3-5-21(14-17)36-13-12-28-25(30)24(38-27(28)32)16-18-6-11-22(23(15-18)35-2)37-26(31)19-7-9-20(10-8-19)29(33)34/h3-11,14-16H,12-13H2,1-2H3/b24-16-. The number of amides is 2. The molecule has 0 bridgehead atoms. The van der Waals surface area contributed by atoms with Crippen molar-refractivity contribution in [3.63, 3.8) is 0 Å². The highest BCUT2D eigenvalue weighted by Gasteiger charge is 2.34. The van der Waals surface area contributed by atoms with E-state index in [1.54, 1.807) is 24.3 Å². The molecule has 0 atom stereocenters. The minimum atomic E-state index is -0.722. The number of nitrogens with zero attached hydrogens (tertiary/aromatic N) is 2. The topological polar surface area (TPSA) is 125 Å². The number of rotatable bonds is 9. The predicted molar refractivity (Wildman–Crippen MR) is 140 cm³/mol. The van der Waals surface area contributed by atoms with Crippen LogP contribution in [0.1, 0.15) is 21.5 Å². The first-order chi connectivity index (χ1) is 18.2. The van der Waals surface area contributed by atoms with E-state index in [0.717, 1.165) is 22.2 Å². The first kappa shape index (κ1) is 26.4. The van der Waals surface area contributed by atoms with Crippen LogP contribution in [0.25, 0.3) is 6.08 Å². The van der Waals surface area contributed by atoms with E-state index in [9.17, 15) is 24.5 Å². The van der Waals surface area contributed by atoms with Gasteiger partial charge in [-0.25, -0.2) is 4.79 Å². The number of thioether (sulfide) groups is 1. The summed E-state index contributed by atoms with van der Waals surface area (Å²) >= 11 is 0.823. The maximum absolute atomic E-state index is 12.8. The summed E-state index contributed by atoms with van der Waals surface area (Å²) in [7, 11) is 1.39. The molecule has 0 aliphatic carbocycles. The number of esters is 1. The SMILES string of the molecule is COc1cc(/C=C2\SC(=O)N(CCOc3cccc(C)c3)C2=O)ccc1OC(=O)c1ccc([N+](=O)[O-])cc1. The molecule has 1 saturated heterocycles. The molecule has 0 aromatic heterocycles.